The number of nitriles is 1. The van der Waals surface area contributed by atoms with Crippen LogP contribution in [-0.4, -0.2) is 25.5 Å². The van der Waals surface area contributed by atoms with E-state index in [9.17, 15) is 4.79 Å². The minimum atomic E-state index is -0.184. The van der Waals surface area contributed by atoms with Crippen molar-refractivity contribution in [2.75, 3.05) is 5.32 Å². The summed E-state index contributed by atoms with van der Waals surface area (Å²) in [6.07, 6.45) is 3.39. The average molecular weight is 337 g/mol. The number of nitrogens with zero attached hydrogens (tertiary/aromatic N) is 5. The van der Waals surface area contributed by atoms with E-state index in [4.69, 9.17) is 5.26 Å². The SMILES string of the molecule is Cc1c(Br)cnn1CCC(=O)Nc1c(C#N)cnn1C. The van der Waals surface area contributed by atoms with Gasteiger partial charge in [-0.2, -0.15) is 15.5 Å². The maximum absolute atomic E-state index is 11.9. The zero-order valence-electron chi connectivity index (χ0n) is 11.1. The lowest BCUT2D eigenvalue weighted by atomic mass is 10.3. The van der Waals surface area contributed by atoms with Crippen LogP contribution in [0.5, 0.6) is 0 Å². The second kappa shape index (κ2) is 5.88. The molecule has 0 saturated carbocycles. The molecule has 2 aromatic rings. The van der Waals surface area contributed by atoms with E-state index in [2.05, 4.69) is 31.4 Å². The molecule has 2 heterocycles. The van der Waals surface area contributed by atoms with Gasteiger partial charge in [-0.05, 0) is 22.9 Å². The fourth-order valence-corrected chi connectivity index (χ4v) is 2.01. The Morgan fingerprint density at radius 3 is 2.85 bits per heavy atom. The van der Waals surface area contributed by atoms with Crippen LogP contribution in [0.15, 0.2) is 16.9 Å². The molecule has 20 heavy (non-hydrogen) atoms. The minimum Gasteiger partial charge on any atom is -0.310 e. The van der Waals surface area contributed by atoms with Gasteiger partial charge in [0.25, 0.3) is 0 Å². The number of amides is 1. The summed E-state index contributed by atoms with van der Waals surface area (Å²) < 4.78 is 4.13. The van der Waals surface area contributed by atoms with Crippen LogP contribution in [0.1, 0.15) is 17.7 Å². The number of aryl methyl sites for hydroxylation is 2. The predicted molar refractivity (Wildman–Crippen MR) is 75.8 cm³/mol. The van der Waals surface area contributed by atoms with E-state index < -0.39 is 0 Å². The Morgan fingerprint density at radius 1 is 1.50 bits per heavy atom. The van der Waals surface area contributed by atoms with Crippen LogP contribution in [0, 0.1) is 18.3 Å². The molecule has 0 radical (unpaired) electrons. The van der Waals surface area contributed by atoms with Gasteiger partial charge in [-0.15, -0.1) is 0 Å². The summed E-state index contributed by atoms with van der Waals surface area (Å²) in [6.45, 7) is 2.40. The second-order valence-corrected chi connectivity index (χ2v) is 5.10. The average Bonchev–Trinajstić information content (AvgIpc) is 2.93. The van der Waals surface area contributed by atoms with Crippen molar-refractivity contribution in [1.29, 1.82) is 5.26 Å². The molecule has 104 valence electrons. The predicted octanol–water partition coefficient (Wildman–Crippen LogP) is 1.59. The smallest absolute Gasteiger partial charge is 0.227 e. The Morgan fingerprint density at radius 2 is 2.25 bits per heavy atom. The molecule has 0 aromatic carbocycles. The first-order valence-electron chi connectivity index (χ1n) is 5.92. The maximum atomic E-state index is 11.9. The zero-order chi connectivity index (χ0) is 14.7. The second-order valence-electron chi connectivity index (χ2n) is 4.24. The topological polar surface area (TPSA) is 88.5 Å². The number of carbonyl (C=O) groups is 1. The summed E-state index contributed by atoms with van der Waals surface area (Å²) in [5.41, 5.74) is 1.31. The van der Waals surface area contributed by atoms with Gasteiger partial charge >= 0.3 is 0 Å². The molecular weight excluding hydrogens is 324 g/mol. The molecule has 2 aromatic heterocycles. The number of halogens is 1. The molecule has 0 bridgehead atoms. The van der Waals surface area contributed by atoms with Gasteiger partial charge in [0.1, 0.15) is 17.5 Å². The van der Waals surface area contributed by atoms with Crippen LogP contribution >= 0.6 is 15.9 Å². The molecule has 0 aliphatic heterocycles. The van der Waals surface area contributed by atoms with Crippen LogP contribution in [0.3, 0.4) is 0 Å². The summed E-state index contributed by atoms with van der Waals surface area (Å²) in [5, 5.41) is 19.7. The van der Waals surface area contributed by atoms with Crippen LogP contribution in [0.2, 0.25) is 0 Å². The third kappa shape index (κ3) is 2.88. The Hall–Kier alpha value is -2.14. The molecule has 7 nitrogen and oxygen atoms in total. The summed E-state index contributed by atoms with van der Waals surface area (Å²) in [6, 6.07) is 1.99. The van der Waals surface area contributed by atoms with Crippen molar-refractivity contribution in [3.05, 3.63) is 28.1 Å². The third-order valence-electron chi connectivity index (χ3n) is 2.91. The lowest BCUT2D eigenvalue weighted by Gasteiger charge is -2.07. The van der Waals surface area contributed by atoms with E-state index in [0.717, 1.165) is 10.2 Å². The molecule has 0 unspecified atom stereocenters. The van der Waals surface area contributed by atoms with Crippen molar-refractivity contribution >= 4 is 27.7 Å². The molecule has 0 aliphatic carbocycles. The Bertz CT molecular complexity index is 681. The van der Waals surface area contributed by atoms with E-state index in [1.807, 2.05) is 13.0 Å². The third-order valence-corrected chi connectivity index (χ3v) is 3.69. The zero-order valence-corrected chi connectivity index (χ0v) is 12.7. The number of hydrogen-bond acceptors (Lipinski definition) is 4. The first-order chi connectivity index (χ1) is 9.52. The molecule has 8 heteroatoms. The van der Waals surface area contributed by atoms with E-state index >= 15 is 0 Å². The summed E-state index contributed by atoms with van der Waals surface area (Å²) in [7, 11) is 1.67. The highest BCUT2D eigenvalue weighted by Crippen LogP contribution is 2.15. The standard InChI is InChI=1S/C12H13BrN6O/c1-8-10(13)7-16-19(8)4-3-11(20)17-12-9(5-14)6-15-18(12)2/h6-7H,3-4H2,1-2H3,(H,17,20). The van der Waals surface area contributed by atoms with Crippen LogP contribution < -0.4 is 5.32 Å². The van der Waals surface area contributed by atoms with Gasteiger partial charge in [0.2, 0.25) is 5.91 Å². The van der Waals surface area contributed by atoms with Crippen molar-refractivity contribution in [3.8, 4) is 6.07 Å². The van der Waals surface area contributed by atoms with Crippen molar-refractivity contribution in [2.24, 2.45) is 7.05 Å². The van der Waals surface area contributed by atoms with E-state index in [1.54, 1.807) is 17.9 Å². The molecule has 1 N–H and O–H groups in total. The van der Waals surface area contributed by atoms with Crippen LogP contribution in [0.4, 0.5) is 5.82 Å². The fraction of sp³-hybridized carbons (Fsp3) is 0.333. The van der Waals surface area contributed by atoms with Gasteiger partial charge in [-0.1, -0.05) is 0 Å². The van der Waals surface area contributed by atoms with Gasteiger partial charge < -0.3 is 5.32 Å². The van der Waals surface area contributed by atoms with Crippen LogP contribution in [-0.2, 0) is 18.4 Å². The summed E-state index contributed by atoms with van der Waals surface area (Å²) in [5.74, 6) is 0.229. The summed E-state index contributed by atoms with van der Waals surface area (Å²) in [4.78, 5) is 11.9. The molecule has 0 fully saturated rings. The fourth-order valence-electron chi connectivity index (χ4n) is 1.72. The number of hydrogen-bond donors (Lipinski definition) is 1. The molecule has 0 atom stereocenters. The number of nitrogens with one attached hydrogen (secondary N) is 1. The van der Waals surface area contributed by atoms with Gasteiger partial charge in [0.15, 0.2) is 0 Å². The molecule has 0 aliphatic rings. The Labute approximate surface area is 124 Å². The van der Waals surface area contributed by atoms with E-state index in [-0.39, 0.29) is 12.3 Å². The number of carbonyl (C=O) groups excluding carboxylic acids is 1. The number of anilines is 1. The monoisotopic (exact) mass is 336 g/mol. The van der Waals surface area contributed by atoms with Gasteiger partial charge in [0.05, 0.1) is 23.4 Å². The largest absolute Gasteiger partial charge is 0.310 e. The number of rotatable bonds is 4. The normalized spacial score (nSPS) is 10.3. The lowest BCUT2D eigenvalue weighted by Crippen LogP contribution is -2.18. The van der Waals surface area contributed by atoms with E-state index in [1.165, 1.54) is 10.9 Å². The van der Waals surface area contributed by atoms with E-state index in [0.29, 0.717) is 17.9 Å². The Kier molecular flexibility index (Phi) is 4.20. The molecule has 0 spiro atoms. The van der Waals surface area contributed by atoms with Crippen molar-refractivity contribution < 1.29 is 4.79 Å². The molecular formula is C12H13BrN6O. The molecule has 0 saturated heterocycles. The first kappa shape index (κ1) is 14.3. The summed E-state index contributed by atoms with van der Waals surface area (Å²) >= 11 is 3.37. The van der Waals surface area contributed by atoms with Crippen molar-refractivity contribution in [3.63, 3.8) is 0 Å². The van der Waals surface area contributed by atoms with Crippen molar-refractivity contribution in [1.82, 2.24) is 19.6 Å². The van der Waals surface area contributed by atoms with Gasteiger partial charge in [-0.25, -0.2) is 0 Å². The highest BCUT2D eigenvalue weighted by Gasteiger charge is 2.12. The van der Waals surface area contributed by atoms with Crippen molar-refractivity contribution in [2.45, 2.75) is 19.9 Å². The van der Waals surface area contributed by atoms with Gasteiger partial charge in [0, 0.05) is 19.2 Å². The highest BCUT2D eigenvalue weighted by molar-refractivity contribution is 9.10. The lowest BCUT2D eigenvalue weighted by molar-refractivity contribution is -0.116. The molecule has 2 rings (SSSR count). The number of aromatic nitrogens is 4. The quantitative estimate of drug-likeness (QED) is 0.918. The van der Waals surface area contributed by atoms with Gasteiger partial charge in [-0.3, -0.25) is 14.2 Å². The Balaban J connectivity index is 1.98. The minimum absolute atomic E-state index is 0.184. The highest BCUT2D eigenvalue weighted by atomic mass is 79.9. The maximum Gasteiger partial charge on any atom is 0.227 e. The molecule has 1 amide bonds. The van der Waals surface area contributed by atoms with Crippen LogP contribution in [0.25, 0.3) is 0 Å². The first-order valence-corrected chi connectivity index (χ1v) is 6.72.